The van der Waals surface area contributed by atoms with Gasteiger partial charge in [-0.05, 0) is 34.5 Å². The number of amides is 2. The summed E-state index contributed by atoms with van der Waals surface area (Å²) in [6.07, 6.45) is 0.221. The molecule has 0 spiro atoms. The number of carbonyl (C=O) groups is 2. The lowest BCUT2D eigenvalue weighted by Crippen LogP contribution is -2.27. The van der Waals surface area contributed by atoms with E-state index in [2.05, 4.69) is 10.3 Å². The number of hydrogen-bond donors (Lipinski definition) is 1. The van der Waals surface area contributed by atoms with E-state index in [0.717, 1.165) is 5.56 Å². The van der Waals surface area contributed by atoms with E-state index in [9.17, 15) is 9.59 Å². The molecule has 128 valence electrons. The molecule has 1 N–H and O–H groups in total. The Hall–Kier alpha value is -2.51. The number of nitrogens with zero attached hydrogens (tertiary/aromatic N) is 2. The largest absolute Gasteiger partial charge is 0.341 e. The van der Waals surface area contributed by atoms with Crippen LogP contribution in [0.1, 0.15) is 21.6 Å². The number of nitrogens with one attached hydrogen (secondary N) is 1. The molecule has 5 nitrogen and oxygen atoms in total. The standard InChI is InChI=1S/C18H17N3O2S2/c1-21(10-13-7-8-24-11-13)16(22)9-15-12-25-18(19-15)20-17(23)14-5-3-2-4-6-14/h2-8,11-12H,9-10H2,1H3,(H,19,20,23). The van der Waals surface area contributed by atoms with Crippen LogP contribution in [0.25, 0.3) is 0 Å². The third kappa shape index (κ3) is 4.74. The van der Waals surface area contributed by atoms with Crippen LogP contribution in [0, 0.1) is 0 Å². The summed E-state index contributed by atoms with van der Waals surface area (Å²) in [5.41, 5.74) is 2.36. The lowest BCUT2D eigenvalue weighted by Gasteiger charge is -2.15. The summed E-state index contributed by atoms with van der Waals surface area (Å²) in [7, 11) is 1.78. The summed E-state index contributed by atoms with van der Waals surface area (Å²) in [6.45, 7) is 0.587. The first-order valence-electron chi connectivity index (χ1n) is 7.67. The number of carbonyl (C=O) groups excluding carboxylic acids is 2. The van der Waals surface area contributed by atoms with Crippen molar-refractivity contribution in [2.24, 2.45) is 0 Å². The summed E-state index contributed by atoms with van der Waals surface area (Å²) in [5.74, 6) is -0.208. The Balaban J connectivity index is 1.56. The number of thiazole rings is 1. The quantitative estimate of drug-likeness (QED) is 0.719. The Kier molecular flexibility index (Phi) is 5.57. The van der Waals surface area contributed by atoms with Gasteiger partial charge in [0.25, 0.3) is 5.91 Å². The van der Waals surface area contributed by atoms with Gasteiger partial charge >= 0.3 is 0 Å². The molecule has 0 saturated carbocycles. The number of anilines is 1. The van der Waals surface area contributed by atoms with E-state index in [-0.39, 0.29) is 18.2 Å². The molecular weight excluding hydrogens is 354 g/mol. The van der Waals surface area contributed by atoms with Gasteiger partial charge in [0.2, 0.25) is 5.91 Å². The molecule has 25 heavy (non-hydrogen) atoms. The molecule has 0 unspecified atom stereocenters. The van der Waals surface area contributed by atoms with Gasteiger partial charge in [-0.2, -0.15) is 11.3 Å². The predicted octanol–water partition coefficient (Wildman–Crippen LogP) is 3.66. The van der Waals surface area contributed by atoms with Crippen molar-refractivity contribution in [2.45, 2.75) is 13.0 Å². The van der Waals surface area contributed by atoms with E-state index in [4.69, 9.17) is 0 Å². The van der Waals surface area contributed by atoms with Gasteiger partial charge in [-0.1, -0.05) is 18.2 Å². The molecule has 7 heteroatoms. The van der Waals surface area contributed by atoms with Crippen molar-refractivity contribution in [2.75, 3.05) is 12.4 Å². The van der Waals surface area contributed by atoms with Crippen LogP contribution in [0.4, 0.5) is 5.13 Å². The molecule has 0 aliphatic heterocycles. The Morgan fingerprint density at radius 1 is 1.16 bits per heavy atom. The highest BCUT2D eigenvalue weighted by Crippen LogP contribution is 2.18. The molecular formula is C18H17N3O2S2. The first-order valence-corrected chi connectivity index (χ1v) is 9.50. The van der Waals surface area contributed by atoms with Crippen LogP contribution in [-0.2, 0) is 17.8 Å². The number of rotatable bonds is 6. The molecule has 0 aliphatic rings. The van der Waals surface area contributed by atoms with E-state index in [1.165, 1.54) is 11.3 Å². The van der Waals surface area contributed by atoms with Crippen molar-refractivity contribution < 1.29 is 9.59 Å². The predicted molar refractivity (Wildman–Crippen MR) is 101 cm³/mol. The molecule has 0 bridgehead atoms. The van der Waals surface area contributed by atoms with Crippen LogP contribution in [-0.4, -0.2) is 28.7 Å². The minimum absolute atomic E-state index is 0.00237. The monoisotopic (exact) mass is 371 g/mol. The lowest BCUT2D eigenvalue weighted by molar-refractivity contribution is -0.129. The zero-order valence-electron chi connectivity index (χ0n) is 13.6. The molecule has 3 aromatic rings. The van der Waals surface area contributed by atoms with Crippen LogP contribution in [0.5, 0.6) is 0 Å². The minimum atomic E-state index is -0.206. The summed E-state index contributed by atoms with van der Waals surface area (Å²) in [6, 6.07) is 11.0. The van der Waals surface area contributed by atoms with Crippen molar-refractivity contribution in [3.8, 4) is 0 Å². The fourth-order valence-electron chi connectivity index (χ4n) is 2.24. The fraction of sp³-hybridized carbons (Fsp3) is 0.167. The van der Waals surface area contributed by atoms with E-state index >= 15 is 0 Å². The van der Waals surface area contributed by atoms with Crippen LogP contribution >= 0.6 is 22.7 Å². The molecule has 0 fully saturated rings. The van der Waals surface area contributed by atoms with E-state index in [1.54, 1.807) is 40.8 Å². The number of benzene rings is 1. The summed E-state index contributed by atoms with van der Waals surface area (Å²) >= 11 is 2.94. The third-order valence-electron chi connectivity index (χ3n) is 3.57. The topological polar surface area (TPSA) is 62.3 Å². The van der Waals surface area contributed by atoms with Crippen LogP contribution < -0.4 is 5.32 Å². The van der Waals surface area contributed by atoms with Gasteiger partial charge in [0.05, 0.1) is 12.1 Å². The van der Waals surface area contributed by atoms with E-state index < -0.39 is 0 Å². The number of thiophene rings is 1. The van der Waals surface area contributed by atoms with Crippen molar-refractivity contribution in [3.63, 3.8) is 0 Å². The lowest BCUT2D eigenvalue weighted by atomic mass is 10.2. The number of aromatic nitrogens is 1. The second-order valence-corrected chi connectivity index (χ2v) is 7.16. The van der Waals surface area contributed by atoms with Gasteiger partial charge in [0.1, 0.15) is 0 Å². The summed E-state index contributed by atoms with van der Waals surface area (Å²) < 4.78 is 0. The number of hydrogen-bond acceptors (Lipinski definition) is 5. The van der Waals surface area contributed by atoms with Crippen LogP contribution in [0.2, 0.25) is 0 Å². The summed E-state index contributed by atoms with van der Waals surface area (Å²) in [4.78, 5) is 30.4. The van der Waals surface area contributed by atoms with E-state index in [1.807, 2.05) is 35.0 Å². The molecule has 1 aromatic carbocycles. The minimum Gasteiger partial charge on any atom is -0.341 e. The summed E-state index contributed by atoms with van der Waals surface area (Å²) in [5, 5.41) is 9.09. The first-order chi connectivity index (χ1) is 12.1. The first kappa shape index (κ1) is 17.3. The van der Waals surface area contributed by atoms with Crippen LogP contribution in [0.15, 0.2) is 52.5 Å². The maximum absolute atomic E-state index is 12.3. The maximum Gasteiger partial charge on any atom is 0.257 e. The second kappa shape index (κ2) is 8.04. The molecule has 2 amide bonds. The highest BCUT2D eigenvalue weighted by molar-refractivity contribution is 7.14. The zero-order valence-corrected chi connectivity index (χ0v) is 15.3. The van der Waals surface area contributed by atoms with Crippen molar-refractivity contribution in [1.82, 2.24) is 9.88 Å². The maximum atomic E-state index is 12.3. The van der Waals surface area contributed by atoms with Crippen molar-refractivity contribution in [3.05, 3.63) is 69.4 Å². The van der Waals surface area contributed by atoms with Gasteiger partial charge in [0.15, 0.2) is 5.13 Å². The number of likely N-dealkylation sites (N-methyl/N-ethyl adjacent to an activating group) is 1. The average molecular weight is 371 g/mol. The highest BCUT2D eigenvalue weighted by Gasteiger charge is 2.14. The molecule has 2 aromatic heterocycles. The Morgan fingerprint density at radius 2 is 1.96 bits per heavy atom. The third-order valence-corrected chi connectivity index (χ3v) is 5.10. The van der Waals surface area contributed by atoms with Crippen molar-refractivity contribution in [1.29, 1.82) is 0 Å². The molecule has 2 heterocycles. The second-order valence-electron chi connectivity index (χ2n) is 5.52. The van der Waals surface area contributed by atoms with Crippen LogP contribution in [0.3, 0.4) is 0 Å². The Labute approximate surface area is 154 Å². The fourth-order valence-corrected chi connectivity index (χ4v) is 3.60. The normalized spacial score (nSPS) is 10.4. The Morgan fingerprint density at radius 3 is 2.68 bits per heavy atom. The van der Waals surface area contributed by atoms with Gasteiger partial charge < -0.3 is 4.90 Å². The zero-order chi connectivity index (χ0) is 17.6. The Bertz CT molecular complexity index is 844. The average Bonchev–Trinajstić information content (AvgIpc) is 3.27. The molecule has 0 radical (unpaired) electrons. The van der Waals surface area contributed by atoms with Gasteiger partial charge in [0, 0.05) is 24.5 Å². The molecule has 3 rings (SSSR count). The van der Waals surface area contributed by atoms with Gasteiger partial charge in [-0.3, -0.25) is 14.9 Å². The SMILES string of the molecule is CN(Cc1ccsc1)C(=O)Cc1csc(NC(=O)c2ccccc2)n1. The van der Waals surface area contributed by atoms with Gasteiger partial charge in [-0.25, -0.2) is 4.98 Å². The molecule has 0 aliphatic carbocycles. The smallest absolute Gasteiger partial charge is 0.257 e. The molecule has 0 saturated heterocycles. The van der Waals surface area contributed by atoms with E-state index in [0.29, 0.717) is 22.9 Å². The highest BCUT2D eigenvalue weighted by atomic mass is 32.1. The van der Waals surface area contributed by atoms with Gasteiger partial charge in [-0.15, -0.1) is 11.3 Å². The molecule has 0 atom stereocenters. The van der Waals surface area contributed by atoms with Crippen molar-refractivity contribution >= 4 is 39.6 Å².